The predicted octanol–water partition coefficient (Wildman–Crippen LogP) is 5.17. The van der Waals surface area contributed by atoms with E-state index in [9.17, 15) is 19.7 Å². The van der Waals surface area contributed by atoms with Crippen molar-refractivity contribution in [1.82, 2.24) is 9.66 Å². The van der Waals surface area contributed by atoms with E-state index in [1.807, 2.05) is 13.8 Å². The zero-order valence-electron chi connectivity index (χ0n) is 19.3. The molecule has 1 heterocycles. The first-order chi connectivity index (χ1) is 16.6. The normalized spacial score (nSPS) is 13.1. The Balaban J connectivity index is 2.23. The van der Waals surface area contributed by atoms with Crippen LogP contribution in [0, 0.1) is 10.1 Å². The van der Waals surface area contributed by atoms with Crippen molar-refractivity contribution in [3.63, 3.8) is 0 Å². The van der Waals surface area contributed by atoms with Crippen LogP contribution < -0.4 is 10.3 Å². The number of nitrogens with zero attached hydrogens (tertiary/aromatic N) is 4. The maximum Gasteiger partial charge on any atom is 0.346 e. The molecular weight excluding hydrogens is 588 g/mol. The topological polar surface area (TPSA) is 126 Å². The summed E-state index contributed by atoms with van der Waals surface area (Å²) in [6.45, 7) is 5.30. The van der Waals surface area contributed by atoms with Gasteiger partial charge in [-0.25, -0.2) is 9.78 Å². The Bertz CT molecular complexity index is 1390. The van der Waals surface area contributed by atoms with E-state index < -0.39 is 22.6 Å². The molecule has 0 saturated carbocycles. The number of halogens is 2. The second-order valence-electron chi connectivity index (χ2n) is 7.69. The third-order valence-corrected chi connectivity index (χ3v) is 6.24. The van der Waals surface area contributed by atoms with E-state index >= 15 is 0 Å². The van der Waals surface area contributed by atoms with Crippen molar-refractivity contribution >= 4 is 60.6 Å². The van der Waals surface area contributed by atoms with Crippen molar-refractivity contribution in [3.05, 3.63) is 71.1 Å². The Labute approximate surface area is 217 Å². The molecule has 3 rings (SSSR count). The smallest absolute Gasteiger partial charge is 0.346 e. The molecule has 0 aliphatic heterocycles. The number of fused-ring (bicyclic) bond motifs is 1. The summed E-state index contributed by atoms with van der Waals surface area (Å²) in [5.74, 6) is -0.544. The lowest BCUT2D eigenvalue weighted by Crippen LogP contribution is -2.26. The molecule has 12 heteroatoms. The number of benzene rings is 2. The molecule has 0 saturated heterocycles. The highest BCUT2D eigenvalue weighted by atomic mass is 79.9. The van der Waals surface area contributed by atoms with Crippen LogP contribution in [0.2, 0.25) is 0 Å². The molecule has 1 aromatic heterocycles. The Morgan fingerprint density at radius 3 is 2.60 bits per heavy atom. The highest BCUT2D eigenvalue weighted by molar-refractivity contribution is 9.10. The van der Waals surface area contributed by atoms with E-state index in [4.69, 9.17) is 4.74 Å². The van der Waals surface area contributed by atoms with Crippen LogP contribution in [0.5, 0.6) is 5.75 Å². The average Bonchev–Trinajstić information content (AvgIpc) is 2.83. The second kappa shape index (κ2) is 11.1. The summed E-state index contributed by atoms with van der Waals surface area (Å²) < 4.78 is 12.6. The number of hydrogen-bond acceptors (Lipinski definition) is 8. The van der Waals surface area contributed by atoms with E-state index in [1.165, 1.54) is 37.1 Å². The summed E-state index contributed by atoms with van der Waals surface area (Å²) in [5.41, 5.74) is -0.0588. The first-order valence-corrected chi connectivity index (χ1v) is 12.1. The third kappa shape index (κ3) is 5.76. The number of carbonyl (C=O) groups excluding carboxylic acids is 1. The molecule has 0 fully saturated rings. The lowest BCUT2D eigenvalue weighted by molar-refractivity contribution is -0.386. The molecule has 2 atom stereocenters. The summed E-state index contributed by atoms with van der Waals surface area (Å²) in [6.07, 6.45) is 0.859. The average molecular weight is 610 g/mol. The van der Waals surface area contributed by atoms with Gasteiger partial charge in [0.05, 0.1) is 29.2 Å². The largest absolute Gasteiger partial charge is 0.471 e. The van der Waals surface area contributed by atoms with Gasteiger partial charge >= 0.3 is 11.7 Å². The van der Waals surface area contributed by atoms with Crippen molar-refractivity contribution in [2.45, 2.75) is 39.2 Å². The van der Waals surface area contributed by atoms with Gasteiger partial charge in [0.1, 0.15) is 5.82 Å². The Morgan fingerprint density at radius 2 is 1.97 bits per heavy atom. The van der Waals surface area contributed by atoms with Crippen LogP contribution in [0.15, 0.2) is 49.2 Å². The van der Waals surface area contributed by atoms with Gasteiger partial charge in [-0.15, -0.1) is 0 Å². The fourth-order valence-corrected chi connectivity index (χ4v) is 4.07. The molecular formula is C23H22Br2N4O6. The van der Waals surface area contributed by atoms with E-state index in [1.54, 1.807) is 18.2 Å². The summed E-state index contributed by atoms with van der Waals surface area (Å²) >= 11 is 6.62. The minimum absolute atomic E-state index is 0.0974. The number of hydrogen-bond donors (Lipinski definition) is 0. The zero-order chi connectivity index (χ0) is 25.9. The van der Waals surface area contributed by atoms with Crippen LogP contribution >= 0.6 is 31.9 Å². The predicted molar refractivity (Wildman–Crippen MR) is 138 cm³/mol. The molecule has 0 N–H and O–H groups in total. The van der Waals surface area contributed by atoms with Crippen LogP contribution in [0.3, 0.4) is 0 Å². The number of esters is 1. The number of methoxy groups -OCH3 is 1. The number of nitro groups is 1. The van der Waals surface area contributed by atoms with Crippen molar-refractivity contribution in [2.75, 3.05) is 7.11 Å². The van der Waals surface area contributed by atoms with Gasteiger partial charge in [-0.3, -0.25) is 14.9 Å². The quantitative estimate of drug-likeness (QED) is 0.149. The van der Waals surface area contributed by atoms with Crippen molar-refractivity contribution < 1.29 is 19.2 Å². The van der Waals surface area contributed by atoms with Gasteiger partial charge in [0.25, 0.3) is 5.56 Å². The van der Waals surface area contributed by atoms with Crippen LogP contribution in [-0.2, 0) is 9.53 Å². The highest BCUT2D eigenvalue weighted by Gasteiger charge is 2.25. The molecule has 0 radical (unpaired) electrons. The Hall–Kier alpha value is -3.12. The van der Waals surface area contributed by atoms with Crippen LogP contribution in [0.4, 0.5) is 5.69 Å². The summed E-state index contributed by atoms with van der Waals surface area (Å²) in [4.78, 5) is 41.0. The lowest BCUT2D eigenvalue weighted by Gasteiger charge is -2.16. The molecule has 0 bridgehead atoms. The molecule has 0 aliphatic carbocycles. The molecule has 3 aromatic rings. The van der Waals surface area contributed by atoms with Gasteiger partial charge in [0.15, 0.2) is 6.10 Å². The van der Waals surface area contributed by atoms with E-state index in [-0.39, 0.29) is 22.9 Å². The number of aromatic nitrogens is 2. The van der Waals surface area contributed by atoms with Crippen LogP contribution in [-0.4, -0.2) is 40.0 Å². The van der Waals surface area contributed by atoms with E-state index in [0.717, 1.165) is 0 Å². The SMILES string of the molecule is CC[C@H](C)c1nc2ccc(Br)cc2c(=O)n1N=Cc1cc(Br)cc([N+](=O)[O-])c1O[C@@H](C)C(=O)OC. The first-order valence-electron chi connectivity index (χ1n) is 10.6. The standard InChI is InChI=1S/C23H22Br2N4O6/c1-5-12(2)21-27-18-7-6-15(24)9-17(18)22(30)28(21)26-11-14-8-16(25)10-19(29(32)33)20(14)35-13(3)23(31)34-4/h6-13H,5H2,1-4H3/t12-,13-/m0/s1. The minimum atomic E-state index is -1.12. The van der Waals surface area contributed by atoms with Crippen LogP contribution in [0.25, 0.3) is 10.9 Å². The molecule has 0 amide bonds. The number of ether oxygens (including phenoxy) is 2. The molecule has 0 unspecified atom stereocenters. The first kappa shape index (κ1) is 26.5. The molecule has 184 valence electrons. The fraction of sp³-hybridized carbons (Fsp3) is 0.304. The summed E-state index contributed by atoms with van der Waals surface area (Å²) in [7, 11) is 1.19. The van der Waals surface area contributed by atoms with E-state index in [0.29, 0.717) is 32.1 Å². The van der Waals surface area contributed by atoms with Gasteiger partial charge in [0, 0.05) is 26.5 Å². The maximum atomic E-state index is 13.4. The molecule has 35 heavy (non-hydrogen) atoms. The van der Waals surface area contributed by atoms with Crippen LogP contribution in [0.1, 0.15) is 44.5 Å². The molecule has 0 aliphatic rings. The summed E-state index contributed by atoms with van der Waals surface area (Å²) in [5, 5.41) is 16.4. The van der Waals surface area contributed by atoms with Crippen molar-refractivity contribution in [2.24, 2.45) is 5.10 Å². The maximum absolute atomic E-state index is 13.4. The highest BCUT2D eigenvalue weighted by Crippen LogP contribution is 2.35. The Morgan fingerprint density at radius 1 is 1.26 bits per heavy atom. The van der Waals surface area contributed by atoms with Gasteiger partial charge in [0.2, 0.25) is 5.75 Å². The number of nitro benzene ring substituents is 1. The minimum Gasteiger partial charge on any atom is -0.471 e. The summed E-state index contributed by atoms with van der Waals surface area (Å²) in [6, 6.07) is 8.00. The number of rotatable bonds is 8. The van der Waals surface area contributed by atoms with Crippen molar-refractivity contribution in [1.29, 1.82) is 0 Å². The second-order valence-corrected chi connectivity index (χ2v) is 9.52. The molecule has 0 spiro atoms. The van der Waals surface area contributed by atoms with Gasteiger partial charge in [-0.05, 0) is 37.6 Å². The molecule has 10 nitrogen and oxygen atoms in total. The molecule has 2 aromatic carbocycles. The lowest BCUT2D eigenvalue weighted by atomic mass is 10.1. The van der Waals surface area contributed by atoms with Crippen molar-refractivity contribution in [3.8, 4) is 5.75 Å². The van der Waals surface area contributed by atoms with E-state index in [2.05, 4.69) is 46.7 Å². The number of carbonyl (C=O) groups is 1. The van der Waals surface area contributed by atoms with Gasteiger partial charge in [-0.1, -0.05) is 45.7 Å². The Kier molecular flexibility index (Phi) is 8.39. The fourth-order valence-electron chi connectivity index (χ4n) is 3.25. The zero-order valence-corrected chi connectivity index (χ0v) is 22.5. The monoisotopic (exact) mass is 608 g/mol. The third-order valence-electron chi connectivity index (χ3n) is 5.29. The van der Waals surface area contributed by atoms with Gasteiger partial charge < -0.3 is 9.47 Å². The van der Waals surface area contributed by atoms with Gasteiger partial charge in [-0.2, -0.15) is 9.78 Å².